The van der Waals surface area contributed by atoms with Crippen LogP contribution in [0.1, 0.15) is 41.0 Å². The molecule has 0 aromatic rings. The molecular weight excluding hydrogens is 176 g/mol. The van der Waals surface area contributed by atoms with Gasteiger partial charge in [0.15, 0.2) is 5.78 Å². The minimum absolute atomic E-state index is 0.0254. The molecule has 14 heavy (non-hydrogen) atoms. The van der Waals surface area contributed by atoms with Crippen molar-refractivity contribution in [3.8, 4) is 0 Å². The molecule has 0 amide bonds. The van der Waals surface area contributed by atoms with E-state index in [1.54, 1.807) is 0 Å². The van der Waals surface area contributed by atoms with Crippen molar-refractivity contribution in [3.05, 3.63) is 0 Å². The molecule has 0 aromatic carbocycles. The van der Waals surface area contributed by atoms with Gasteiger partial charge >= 0.3 is 0 Å². The standard InChI is InChI=1S/C11H22N2O/c1-8(2)13-7-6-9(12-13)10(14)11(3,4)5/h8-9,12H,6-7H2,1-5H3. The van der Waals surface area contributed by atoms with Crippen molar-refractivity contribution >= 4 is 5.78 Å². The van der Waals surface area contributed by atoms with Crippen LogP contribution in [0.4, 0.5) is 0 Å². The molecule has 82 valence electrons. The average molecular weight is 198 g/mol. The number of nitrogens with one attached hydrogen (secondary N) is 1. The summed E-state index contributed by atoms with van der Waals surface area (Å²) in [6, 6.07) is 0.491. The highest BCUT2D eigenvalue weighted by molar-refractivity contribution is 5.88. The summed E-state index contributed by atoms with van der Waals surface area (Å²) in [5.74, 6) is 0.320. The lowest BCUT2D eigenvalue weighted by Gasteiger charge is -2.24. The monoisotopic (exact) mass is 198 g/mol. The zero-order chi connectivity index (χ0) is 10.9. The summed E-state index contributed by atoms with van der Waals surface area (Å²) in [7, 11) is 0. The second-order valence-corrected chi connectivity index (χ2v) is 5.37. The molecule has 1 saturated heterocycles. The van der Waals surface area contributed by atoms with E-state index in [9.17, 15) is 4.79 Å². The van der Waals surface area contributed by atoms with Crippen LogP contribution in [0.25, 0.3) is 0 Å². The van der Waals surface area contributed by atoms with Crippen LogP contribution in [0.3, 0.4) is 0 Å². The maximum absolute atomic E-state index is 11.9. The molecule has 3 heteroatoms. The van der Waals surface area contributed by atoms with Crippen LogP contribution in [0, 0.1) is 5.41 Å². The van der Waals surface area contributed by atoms with Crippen LogP contribution < -0.4 is 5.43 Å². The zero-order valence-corrected chi connectivity index (χ0v) is 9.92. The normalized spacial score (nSPS) is 24.6. The van der Waals surface area contributed by atoms with E-state index in [4.69, 9.17) is 0 Å². The summed E-state index contributed by atoms with van der Waals surface area (Å²) in [6.45, 7) is 11.2. The van der Waals surface area contributed by atoms with E-state index in [1.165, 1.54) is 0 Å². The van der Waals surface area contributed by atoms with E-state index < -0.39 is 0 Å². The summed E-state index contributed by atoms with van der Waals surface area (Å²) in [6.07, 6.45) is 0.939. The number of hydrazine groups is 1. The van der Waals surface area contributed by atoms with Crippen LogP contribution in [0.5, 0.6) is 0 Å². The molecule has 1 unspecified atom stereocenters. The molecule has 1 N–H and O–H groups in total. The van der Waals surface area contributed by atoms with Gasteiger partial charge in [-0.1, -0.05) is 20.8 Å². The quantitative estimate of drug-likeness (QED) is 0.731. The summed E-state index contributed by atoms with van der Waals surface area (Å²) in [4.78, 5) is 11.9. The van der Waals surface area contributed by atoms with Gasteiger partial charge in [-0.2, -0.15) is 0 Å². The predicted molar refractivity (Wildman–Crippen MR) is 57.8 cm³/mol. The Morgan fingerprint density at radius 3 is 2.36 bits per heavy atom. The maximum atomic E-state index is 11.9. The number of rotatable bonds is 2. The first-order valence-corrected chi connectivity index (χ1v) is 5.39. The van der Waals surface area contributed by atoms with Crippen molar-refractivity contribution in [1.29, 1.82) is 0 Å². The average Bonchev–Trinajstić information content (AvgIpc) is 2.48. The van der Waals surface area contributed by atoms with Gasteiger partial charge in [0.05, 0.1) is 6.04 Å². The second kappa shape index (κ2) is 3.99. The molecule has 1 atom stereocenters. The topological polar surface area (TPSA) is 32.3 Å². The highest BCUT2D eigenvalue weighted by Crippen LogP contribution is 2.21. The predicted octanol–water partition coefficient (Wildman–Crippen LogP) is 1.59. The molecule has 1 heterocycles. The molecule has 0 saturated carbocycles. The van der Waals surface area contributed by atoms with E-state index in [0.717, 1.165) is 13.0 Å². The Kier molecular flexibility index (Phi) is 3.32. The summed E-state index contributed by atoms with van der Waals surface area (Å²) < 4.78 is 0. The summed E-state index contributed by atoms with van der Waals surface area (Å²) in [5.41, 5.74) is 3.05. The van der Waals surface area contributed by atoms with Crippen LogP contribution in [0.2, 0.25) is 0 Å². The molecule has 0 bridgehead atoms. The minimum atomic E-state index is -0.231. The number of hydrogen-bond acceptors (Lipinski definition) is 3. The van der Waals surface area contributed by atoms with Crippen molar-refractivity contribution in [1.82, 2.24) is 10.4 Å². The first-order valence-electron chi connectivity index (χ1n) is 5.39. The van der Waals surface area contributed by atoms with E-state index in [2.05, 4.69) is 24.3 Å². The smallest absolute Gasteiger partial charge is 0.156 e. The van der Waals surface area contributed by atoms with Gasteiger partial charge in [0.1, 0.15) is 0 Å². The summed E-state index contributed by atoms with van der Waals surface area (Å²) in [5, 5.41) is 2.15. The van der Waals surface area contributed by atoms with Gasteiger partial charge in [0, 0.05) is 18.0 Å². The first-order chi connectivity index (χ1) is 6.32. The van der Waals surface area contributed by atoms with Gasteiger partial charge in [-0.05, 0) is 20.3 Å². The molecular formula is C11H22N2O. The fourth-order valence-corrected chi connectivity index (χ4v) is 1.72. The largest absolute Gasteiger partial charge is 0.297 e. The molecule has 1 rings (SSSR count). The number of ketones is 1. The first kappa shape index (κ1) is 11.7. The Labute approximate surface area is 86.8 Å². The van der Waals surface area contributed by atoms with Crippen LogP contribution in [0.15, 0.2) is 0 Å². The van der Waals surface area contributed by atoms with E-state index >= 15 is 0 Å². The van der Waals surface area contributed by atoms with Gasteiger partial charge in [0.2, 0.25) is 0 Å². The molecule has 0 spiro atoms. The van der Waals surface area contributed by atoms with Gasteiger partial charge in [0.25, 0.3) is 0 Å². The third kappa shape index (κ3) is 2.55. The Bertz CT molecular complexity index is 218. The molecule has 1 fully saturated rings. The Balaban J connectivity index is 2.54. The molecule has 0 radical (unpaired) electrons. The lowest BCUT2D eigenvalue weighted by Crippen LogP contribution is -2.46. The Morgan fingerprint density at radius 2 is 2.00 bits per heavy atom. The second-order valence-electron chi connectivity index (χ2n) is 5.37. The van der Waals surface area contributed by atoms with E-state index in [1.807, 2.05) is 20.8 Å². The van der Waals surface area contributed by atoms with Crippen molar-refractivity contribution in [2.45, 2.75) is 53.1 Å². The highest BCUT2D eigenvalue weighted by atomic mass is 16.1. The summed E-state index contributed by atoms with van der Waals surface area (Å²) >= 11 is 0. The molecule has 1 aliphatic rings. The lowest BCUT2D eigenvalue weighted by atomic mass is 9.86. The van der Waals surface area contributed by atoms with Crippen molar-refractivity contribution in [2.75, 3.05) is 6.54 Å². The van der Waals surface area contributed by atoms with Crippen molar-refractivity contribution < 1.29 is 4.79 Å². The Hall–Kier alpha value is -0.410. The number of carbonyl (C=O) groups is 1. The number of hydrogen-bond donors (Lipinski definition) is 1. The third-order valence-corrected chi connectivity index (χ3v) is 2.66. The minimum Gasteiger partial charge on any atom is -0.297 e. The number of carbonyl (C=O) groups excluding carboxylic acids is 1. The number of Topliss-reactive ketones (excluding diaryl/α,β-unsaturated/α-hetero) is 1. The maximum Gasteiger partial charge on any atom is 0.156 e. The fraction of sp³-hybridized carbons (Fsp3) is 0.909. The Morgan fingerprint density at radius 1 is 1.43 bits per heavy atom. The van der Waals surface area contributed by atoms with Crippen LogP contribution in [-0.4, -0.2) is 29.4 Å². The van der Waals surface area contributed by atoms with E-state index in [-0.39, 0.29) is 11.5 Å². The molecule has 0 aliphatic carbocycles. The molecule has 0 aromatic heterocycles. The molecule has 1 aliphatic heterocycles. The fourth-order valence-electron chi connectivity index (χ4n) is 1.72. The van der Waals surface area contributed by atoms with Gasteiger partial charge < -0.3 is 0 Å². The van der Waals surface area contributed by atoms with Crippen LogP contribution in [-0.2, 0) is 4.79 Å². The van der Waals surface area contributed by atoms with E-state index in [0.29, 0.717) is 11.8 Å². The highest BCUT2D eigenvalue weighted by Gasteiger charge is 2.34. The van der Waals surface area contributed by atoms with Crippen molar-refractivity contribution in [3.63, 3.8) is 0 Å². The van der Waals surface area contributed by atoms with Crippen LogP contribution >= 0.6 is 0 Å². The third-order valence-electron chi connectivity index (χ3n) is 2.66. The van der Waals surface area contributed by atoms with Gasteiger partial charge in [-0.15, -0.1) is 0 Å². The van der Waals surface area contributed by atoms with Gasteiger partial charge in [-0.3, -0.25) is 4.79 Å². The molecule has 3 nitrogen and oxygen atoms in total. The SMILES string of the molecule is CC(C)N1CCC(C(=O)C(C)(C)C)N1. The number of nitrogens with zero attached hydrogens (tertiary/aromatic N) is 1. The zero-order valence-electron chi connectivity index (χ0n) is 9.92. The lowest BCUT2D eigenvalue weighted by molar-refractivity contribution is -0.128. The van der Waals surface area contributed by atoms with Gasteiger partial charge in [-0.25, -0.2) is 10.4 Å². The van der Waals surface area contributed by atoms with Crippen molar-refractivity contribution in [2.24, 2.45) is 5.41 Å².